The Morgan fingerprint density at radius 2 is 1.74 bits per heavy atom. The molecular weight excluding hydrogens is 288 g/mol. The highest BCUT2D eigenvalue weighted by Gasteiger charge is 2.35. The van der Waals surface area contributed by atoms with E-state index in [2.05, 4.69) is 38.7 Å². The van der Waals surface area contributed by atoms with Gasteiger partial charge in [0, 0.05) is 58.2 Å². The highest BCUT2D eigenvalue weighted by molar-refractivity contribution is 5.09. The van der Waals surface area contributed by atoms with Crippen molar-refractivity contribution in [3.05, 3.63) is 30.1 Å². The molecule has 0 aliphatic carbocycles. The Morgan fingerprint density at radius 3 is 2.43 bits per heavy atom. The fourth-order valence-corrected chi connectivity index (χ4v) is 3.87. The monoisotopic (exact) mass is 318 g/mol. The highest BCUT2D eigenvalue weighted by atomic mass is 16.3. The molecule has 2 fully saturated rings. The smallest absolute Gasteiger partial charge is 0.0900 e. The van der Waals surface area contributed by atoms with Gasteiger partial charge in [-0.25, -0.2) is 0 Å². The first kappa shape index (κ1) is 16.8. The second kappa shape index (κ2) is 7.71. The number of piperidine rings is 1. The third kappa shape index (κ3) is 4.73. The van der Waals surface area contributed by atoms with Crippen molar-refractivity contribution in [2.45, 2.75) is 31.9 Å². The lowest BCUT2D eigenvalue weighted by Crippen LogP contribution is -2.57. The first-order valence-corrected chi connectivity index (χ1v) is 8.95. The number of aliphatic hydroxyl groups is 1. The van der Waals surface area contributed by atoms with Crippen LogP contribution in [0.3, 0.4) is 0 Å². The maximum atomic E-state index is 10.9. The normalized spacial score (nSPS) is 28.1. The fraction of sp³-hybridized carbons (Fsp3) is 0.722. The van der Waals surface area contributed by atoms with E-state index in [0.717, 1.165) is 71.7 Å². The standard InChI is InChI=1S/C18H30N4O/c1-2-20-9-3-6-18(23,15-20)16-22-12-10-21(11-13-22)14-17-4-7-19-8-5-17/h4-5,7-8,23H,2-3,6,9-16H2,1H3. The maximum Gasteiger partial charge on any atom is 0.0900 e. The fourth-order valence-electron chi connectivity index (χ4n) is 3.87. The minimum atomic E-state index is -0.512. The van der Waals surface area contributed by atoms with Crippen LogP contribution >= 0.6 is 0 Å². The molecule has 2 saturated heterocycles. The van der Waals surface area contributed by atoms with E-state index in [9.17, 15) is 5.11 Å². The van der Waals surface area contributed by atoms with E-state index >= 15 is 0 Å². The summed E-state index contributed by atoms with van der Waals surface area (Å²) in [7, 11) is 0. The van der Waals surface area contributed by atoms with E-state index in [1.165, 1.54) is 5.56 Å². The van der Waals surface area contributed by atoms with E-state index < -0.39 is 5.60 Å². The molecule has 2 aliphatic heterocycles. The van der Waals surface area contributed by atoms with Gasteiger partial charge in [0.1, 0.15) is 0 Å². The van der Waals surface area contributed by atoms with Gasteiger partial charge in [0.05, 0.1) is 5.60 Å². The molecule has 0 aromatic carbocycles. The summed E-state index contributed by atoms with van der Waals surface area (Å²) >= 11 is 0. The van der Waals surface area contributed by atoms with Gasteiger partial charge in [-0.2, -0.15) is 0 Å². The second-order valence-corrected chi connectivity index (χ2v) is 7.10. The Kier molecular flexibility index (Phi) is 5.64. The van der Waals surface area contributed by atoms with Gasteiger partial charge in [-0.15, -0.1) is 0 Å². The lowest BCUT2D eigenvalue weighted by Gasteiger charge is -2.43. The summed E-state index contributed by atoms with van der Waals surface area (Å²) in [4.78, 5) is 11.4. The Balaban J connectivity index is 1.45. The average Bonchev–Trinajstić information content (AvgIpc) is 2.57. The van der Waals surface area contributed by atoms with Crippen molar-refractivity contribution in [1.29, 1.82) is 0 Å². The van der Waals surface area contributed by atoms with Crippen molar-refractivity contribution in [2.24, 2.45) is 0 Å². The summed E-state index contributed by atoms with van der Waals surface area (Å²) in [6, 6.07) is 4.19. The molecule has 23 heavy (non-hydrogen) atoms. The Morgan fingerprint density at radius 1 is 1.04 bits per heavy atom. The zero-order valence-electron chi connectivity index (χ0n) is 14.3. The number of likely N-dealkylation sites (tertiary alicyclic amines) is 1. The molecule has 0 saturated carbocycles. The van der Waals surface area contributed by atoms with Crippen LogP contribution in [0.4, 0.5) is 0 Å². The summed E-state index contributed by atoms with van der Waals surface area (Å²) in [5.74, 6) is 0. The van der Waals surface area contributed by atoms with Gasteiger partial charge in [0.2, 0.25) is 0 Å². The van der Waals surface area contributed by atoms with Gasteiger partial charge in [-0.3, -0.25) is 14.8 Å². The Labute approximate surface area is 139 Å². The molecule has 128 valence electrons. The summed E-state index contributed by atoms with van der Waals surface area (Å²) in [6.45, 7) is 11.3. The number of aromatic nitrogens is 1. The largest absolute Gasteiger partial charge is 0.387 e. The molecule has 3 heterocycles. The number of hydrogen-bond acceptors (Lipinski definition) is 5. The Bertz CT molecular complexity index is 475. The van der Waals surface area contributed by atoms with Crippen LogP contribution in [0.5, 0.6) is 0 Å². The van der Waals surface area contributed by atoms with Gasteiger partial charge < -0.3 is 10.0 Å². The minimum Gasteiger partial charge on any atom is -0.387 e. The number of β-amino-alcohol motifs (C(OH)–C–C–N with tert-alkyl or cyclic N) is 1. The lowest BCUT2D eigenvalue weighted by molar-refractivity contribution is -0.0588. The topological polar surface area (TPSA) is 42.8 Å². The predicted molar refractivity (Wildman–Crippen MR) is 92.3 cm³/mol. The van der Waals surface area contributed by atoms with Crippen LogP contribution in [-0.2, 0) is 6.54 Å². The zero-order valence-corrected chi connectivity index (χ0v) is 14.3. The molecule has 0 radical (unpaired) electrons. The molecule has 0 amide bonds. The number of nitrogens with zero attached hydrogens (tertiary/aromatic N) is 4. The number of likely N-dealkylation sites (N-methyl/N-ethyl adjacent to an activating group) is 1. The van der Waals surface area contributed by atoms with Crippen molar-refractivity contribution in [2.75, 3.05) is 52.4 Å². The molecule has 0 spiro atoms. The SMILES string of the molecule is CCN1CCCC(O)(CN2CCN(Cc3ccncc3)CC2)C1. The van der Waals surface area contributed by atoms with Gasteiger partial charge in [0.15, 0.2) is 0 Å². The molecule has 1 unspecified atom stereocenters. The molecule has 1 atom stereocenters. The molecule has 5 nitrogen and oxygen atoms in total. The highest BCUT2D eigenvalue weighted by Crippen LogP contribution is 2.23. The molecule has 1 aromatic rings. The van der Waals surface area contributed by atoms with Crippen LogP contribution in [0.2, 0.25) is 0 Å². The van der Waals surface area contributed by atoms with Crippen molar-refractivity contribution in [3.8, 4) is 0 Å². The van der Waals surface area contributed by atoms with Gasteiger partial charge in [-0.1, -0.05) is 6.92 Å². The molecule has 0 bridgehead atoms. The Hall–Kier alpha value is -1.01. The van der Waals surface area contributed by atoms with Crippen LogP contribution in [0.1, 0.15) is 25.3 Å². The van der Waals surface area contributed by atoms with Gasteiger partial charge in [0.25, 0.3) is 0 Å². The molecular formula is C18H30N4O. The third-order valence-electron chi connectivity index (χ3n) is 5.22. The summed E-state index contributed by atoms with van der Waals surface area (Å²) in [6.07, 6.45) is 5.79. The first-order chi connectivity index (χ1) is 11.2. The summed E-state index contributed by atoms with van der Waals surface area (Å²) in [5, 5.41) is 10.9. The molecule has 3 rings (SSSR count). The van der Waals surface area contributed by atoms with Crippen molar-refractivity contribution in [3.63, 3.8) is 0 Å². The van der Waals surface area contributed by atoms with E-state index in [1.54, 1.807) is 0 Å². The van der Waals surface area contributed by atoms with Crippen LogP contribution in [0.15, 0.2) is 24.5 Å². The molecule has 1 N–H and O–H groups in total. The average molecular weight is 318 g/mol. The zero-order chi connectivity index (χ0) is 16.1. The number of pyridine rings is 1. The second-order valence-electron chi connectivity index (χ2n) is 7.10. The van der Waals surface area contributed by atoms with Crippen LogP contribution < -0.4 is 0 Å². The van der Waals surface area contributed by atoms with E-state index in [0.29, 0.717) is 0 Å². The predicted octanol–water partition coefficient (Wildman–Crippen LogP) is 1.05. The molecule has 1 aromatic heterocycles. The van der Waals surface area contributed by atoms with Crippen molar-refractivity contribution in [1.82, 2.24) is 19.7 Å². The quantitative estimate of drug-likeness (QED) is 0.879. The number of hydrogen-bond donors (Lipinski definition) is 1. The third-order valence-corrected chi connectivity index (χ3v) is 5.22. The molecule has 2 aliphatic rings. The van der Waals surface area contributed by atoms with Gasteiger partial charge in [-0.05, 0) is 43.6 Å². The van der Waals surface area contributed by atoms with Crippen molar-refractivity contribution >= 4 is 0 Å². The van der Waals surface area contributed by atoms with E-state index in [4.69, 9.17) is 0 Å². The van der Waals surface area contributed by atoms with Crippen molar-refractivity contribution < 1.29 is 5.11 Å². The van der Waals surface area contributed by atoms with Crippen LogP contribution in [0.25, 0.3) is 0 Å². The lowest BCUT2D eigenvalue weighted by atomic mass is 9.92. The number of rotatable bonds is 5. The summed E-state index contributed by atoms with van der Waals surface area (Å²) in [5.41, 5.74) is 0.819. The van der Waals surface area contributed by atoms with Crippen LogP contribution in [0, 0.1) is 0 Å². The first-order valence-electron chi connectivity index (χ1n) is 8.95. The van der Waals surface area contributed by atoms with Gasteiger partial charge >= 0.3 is 0 Å². The summed E-state index contributed by atoms with van der Waals surface area (Å²) < 4.78 is 0. The minimum absolute atomic E-state index is 0.512. The number of piperazine rings is 1. The maximum absolute atomic E-state index is 10.9. The van der Waals surface area contributed by atoms with Crippen LogP contribution in [-0.4, -0.2) is 82.7 Å². The van der Waals surface area contributed by atoms with E-state index in [-0.39, 0.29) is 0 Å². The molecule has 5 heteroatoms. The van der Waals surface area contributed by atoms with E-state index in [1.807, 2.05) is 12.4 Å².